The van der Waals surface area contributed by atoms with E-state index in [0.717, 1.165) is 15.8 Å². The Balaban J connectivity index is 2.08. The van der Waals surface area contributed by atoms with Crippen LogP contribution in [0.5, 0.6) is 5.75 Å². The molecule has 2 nitrogen and oxygen atoms in total. The van der Waals surface area contributed by atoms with Crippen LogP contribution < -0.4 is 4.74 Å². The lowest BCUT2D eigenvalue weighted by atomic mass is 10.0. The molecule has 3 heteroatoms. The number of rotatable bonds is 5. The zero-order valence-corrected chi connectivity index (χ0v) is 14.1. The third-order valence-electron chi connectivity index (χ3n) is 3.26. The molecule has 0 spiro atoms. The molecule has 0 unspecified atom stereocenters. The van der Waals surface area contributed by atoms with Gasteiger partial charge < -0.3 is 4.74 Å². The van der Waals surface area contributed by atoms with Gasteiger partial charge >= 0.3 is 0 Å². The van der Waals surface area contributed by atoms with Gasteiger partial charge in [-0.1, -0.05) is 48.0 Å². The van der Waals surface area contributed by atoms with Gasteiger partial charge in [0, 0.05) is 10.0 Å². The van der Waals surface area contributed by atoms with Gasteiger partial charge in [-0.2, -0.15) is 0 Å². The van der Waals surface area contributed by atoms with Crippen molar-refractivity contribution < 1.29 is 9.53 Å². The van der Waals surface area contributed by atoms with E-state index in [1.807, 2.05) is 37.3 Å². The van der Waals surface area contributed by atoms with Crippen LogP contribution in [0.25, 0.3) is 0 Å². The van der Waals surface area contributed by atoms with Gasteiger partial charge in [0.1, 0.15) is 5.75 Å². The first-order chi connectivity index (χ1) is 9.95. The van der Waals surface area contributed by atoms with Gasteiger partial charge in [-0.05, 0) is 48.2 Å². The van der Waals surface area contributed by atoms with E-state index < -0.39 is 0 Å². The minimum atomic E-state index is -0.0242. The van der Waals surface area contributed by atoms with Crippen molar-refractivity contribution in [1.82, 2.24) is 0 Å². The van der Waals surface area contributed by atoms with Gasteiger partial charge in [0.2, 0.25) is 0 Å². The second kappa shape index (κ2) is 6.90. The summed E-state index contributed by atoms with van der Waals surface area (Å²) in [6.45, 7) is 6.38. The quantitative estimate of drug-likeness (QED) is 0.700. The van der Waals surface area contributed by atoms with Gasteiger partial charge in [-0.25, -0.2) is 0 Å². The van der Waals surface area contributed by atoms with Gasteiger partial charge in [-0.3, -0.25) is 4.79 Å². The Labute approximate surface area is 134 Å². The molecule has 0 N–H and O–H groups in total. The Hall–Kier alpha value is -1.61. The Bertz CT molecular complexity index is 647. The molecule has 2 aromatic carbocycles. The van der Waals surface area contributed by atoms with E-state index in [1.54, 1.807) is 6.07 Å². The summed E-state index contributed by atoms with van der Waals surface area (Å²) in [5, 5.41) is 0. The van der Waals surface area contributed by atoms with Crippen LogP contribution in [0.3, 0.4) is 0 Å². The number of benzene rings is 2. The maximum Gasteiger partial charge on any atom is 0.200 e. The summed E-state index contributed by atoms with van der Waals surface area (Å²) in [5.74, 6) is 1.17. The summed E-state index contributed by atoms with van der Waals surface area (Å²) in [5.41, 5.74) is 3.02. The van der Waals surface area contributed by atoms with Crippen molar-refractivity contribution in [3.63, 3.8) is 0 Å². The van der Waals surface area contributed by atoms with Gasteiger partial charge in [-0.15, -0.1) is 0 Å². The van der Waals surface area contributed by atoms with E-state index in [9.17, 15) is 4.79 Å². The lowest BCUT2D eigenvalue weighted by Gasteiger charge is -2.11. The van der Waals surface area contributed by atoms with E-state index >= 15 is 0 Å². The van der Waals surface area contributed by atoms with Crippen LogP contribution in [0.4, 0.5) is 0 Å². The predicted octanol–water partition coefficient (Wildman–Crippen LogP) is 5.14. The SMILES string of the molecule is Cc1cc(OCC(=O)c2cccc(Br)c2)cc(C(C)C)c1. The Morgan fingerprint density at radius 3 is 2.62 bits per heavy atom. The molecule has 21 heavy (non-hydrogen) atoms. The van der Waals surface area contributed by atoms with E-state index in [0.29, 0.717) is 11.5 Å². The number of carbonyl (C=O) groups is 1. The number of hydrogen-bond donors (Lipinski definition) is 0. The maximum absolute atomic E-state index is 12.1. The molecule has 0 aliphatic heterocycles. The van der Waals surface area contributed by atoms with Crippen molar-refractivity contribution in [2.45, 2.75) is 26.7 Å². The highest BCUT2D eigenvalue weighted by molar-refractivity contribution is 9.10. The van der Waals surface area contributed by atoms with Crippen LogP contribution in [0.1, 0.15) is 41.3 Å². The Morgan fingerprint density at radius 2 is 1.95 bits per heavy atom. The number of Topliss-reactive ketones (excluding diaryl/α,β-unsaturated/α-hetero) is 1. The van der Waals surface area contributed by atoms with Crippen molar-refractivity contribution >= 4 is 21.7 Å². The zero-order valence-electron chi connectivity index (χ0n) is 12.5. The topological polar surface area (TPSA) is 26.3 Å². The third-order valence-corrected chi connectivity index (χ3v) is 3.75. The fourth-order valence-electron chi connectivity index (χ4n) is 2.09. The molecule has 0 amide bonds. The molecule has 0 bridgehead atoms. The van der Waals surface area contributed by atoms with Gasteiger partial charge in [0.25, 0.3) is 0 Å². The number of halogens is 1. The van der Waals surface area contributed by atoms with Crippen LogP contribution in [-0.4, -0.2) is 12.4 Å². The summed E-state index contributed by atoms with van der Waals surface area (Å²) >= 11 is 3.37. The number of carbonyl (C=O) groups excluding carboxylic acids is 1. The van der Waals surface area contributed by atoms with Crippen molar-refractivity contribution in [2.24, 2.45) is 0 Å². The zero-order chi connectivity index (χ0) is 15.4. The second-order valence-corrected chi connectivity index (χ2v) is 6.37. The molecular formula is C18H19BrO2. The van der Waals surface area contributed by atoms with Crippen molar-refractivity contribution in [3.05, 3.63) is 63.6 Å². The molecule has 0 saturated heterocycles. The van der Waals surface area contributed by atoms with Gasteiger partial charge in [0.15, 0.2) is 12.4 Å². The predicted molar refractivity (Wildman–Crippen MR) is 89.2 cm³/mol. The van der Waals surface area contributed by atoms with E-state index in [2.05, 4.69) is 35.8 Å². The normalized spacial score (nSPS) is 10.7. The monoisotopic (exact) mass is 346 g/mol. The first-order valence-electron chi connectivity index (χ1n) is 6.99. The molecule has 0 aliphatic carbocycles. The summed E-state index contributed by atoms with van der Waals surface area (Å²) < 4.78 is 6.56. The molecule has 0 aliphatic rings. The largest absolute Gasteiger partial charge is 0.485 e. The first kappa shape index (κ1) is 15.8. The van der Waals surface area contributed by atoms with Crippen molar-refractivity contribution in [1.29, 1.82) is 0 Å². The molecule has 0 radical (unpaired) electrons. The van der Waals surface area contributed by atoms with Crippen LogP contribution >= 0.6 is 15.9 Å². The fourth-order valence-corrected chi connectivity index (χ4v) is 2.49. The van der Waals surface area contributed by atoms with E-state index in [4.69, 9.17) is 4.74 Å². The molecule has 0 saturated carbocycles. The molecule has 2 rings (SSSR count). The first-order valence-corrected chi connectivity index (χ1v) is 7.78. The smallest absolute Gasteiger partial charge is 0.200 e. The molecule has 0 atom stereocenters. The highest BCUT2D eigenvalue weighted by Crippen LogP contribution is 2.23. The van der Waals surface area contributed by atoms with Gasteiger partial charge in [0.05, 0.1) is 0 Å². The molecule has 0 heterocycles. The van der Waals surface area contributed by atoms with Crippen LogP contribution in [-0.2, 0) is 0 Å². The van der Waals surface area contributed by atoms with Crippen LogP contribution in [0.2, 0.25) is 0 Å². The van der Waals surface area contributed by atoms with E-state index in [1.165, 1.54) is 5.56 Å². The molecule has 2 aromatic rings. The van der Waals surface area contributed by atoms with Crippen LogP contribution in [0.15, 0.2) is 46.9 Å². The standard InChI is InChI=1S/C18H19BrO2/c1-12(2)15-7-13(3)8-17(10-15)21-11-18(20)14-5-4-6-16(19)9-14/h4-10,12H,11H2,1-3H3. The Kier molecular flexibility index (Phi) is 5.18. The summed E-state index contributed by atoms with van der Waals surface area (Å²) in [6.07, 6.45) is 0. The maximum atomic E-state index is 12.1. The molecular weight excluding hydrogens is 328 g/mol. The summed E-state index contributed by atoms with van der Waals surface area (Å²) in [7, 11) is 0. The molecule has 110 valence electrons. The summed E-state index contributed by atoms with van der Waals surface area (Å²) in [4.78, 5) is 12.1. The third kappa shape index (κ3) is 4.43. The average Bonchev–Trinajstić information content (AvgIpc) is 2.44. The molecule has 0 fully saturated rings. The minimum absolute atomic E-state index is 0.0242. The number of aryl methyl sites for hydroxylation is 1. The van der Waals surface area contributed by atoms with Crippen molar-refractivity contribution in [2.75, 3.05) is 6.61 Å². The second-order valence-electron chi connectivity index (χ2n) is 5.46. The number of ketones is 1. The highest BCUT2D eigenvalue weighted by Gasteiger charge is 2.09. The van der Waals surface area contributed by atoms with E-state index in [-0.39, 0.29) is 12.4 Å². The lowest BCUT2D eigenvalue weighted by Crippen LogP contribution is -2.11. The number of ether oxygens (including phenoxy) is 1. The highest BCUT2D eigenvalue weighted by atomic mass is 79.9. The Morgan fingerprint density at radius 1 is 1.19 bits per heavy atom. The van der Waals surface area contributed by atoms with Crippen LogP contribution in [0, 0.1) is 6.92 Å². The average molecular weight is 347 g/mol. The minimum Gasteiger partial charge on any atom is -0.485 e. The fraction of sp³-hybridized carbons (Fsp3) is 0.278. The number of hydrogen-bond acceptors (Lipinski definition) is 2. The molecule has 0 aromatic heterocycles. The summed E-state index contributed by atoms with van der Waals surface area (Å²) in [6, 6.07) is 13.5. The van der Waals surface area contributed by atoms with Crippen molar-refractivity contribution in [3.8, 4) is 5.75 Å². The lowest BCUT2D eigenvalue weighted by molar-refractivity contribution is 0.0921.